The normalized spacial score (nSPS) is 23.7. The van der Waals surface area contributed by atoms with Gasteiger partial charge < -0.3 is 5.32 Å². The van der Waals surface area contributed by atoms with Crippen molar-refractivity contribution < 1.29 is 4.79 Å². The van der Waals surface area contributed by atoms with Gasteiger partial charge in [0.15, 0.2) is 0 Å². The fraction of sp³-hybridized carbons (Fsp3) is 0.462. The summed E-state index contributed by atoms with van der Waals surface area (Å²) in [5, 5.41) is 3.71. The Bertz CT molecular complexity index is 445. The summed E-state index contributed by atoms with van der Waals surface area (Å²) in [6.45, 7) is 0. The highest BCUT2D eigenvalue weighted by Crippen LogP contribution is 2.25. The third-order valence-corrected chi connectivity index (χ3v) is 4.97. The van der Waals surface area contributed by atoms with Crippen LogP contribution >= 0.6 is 43.5 Å². The number of carbonyl (C=O) groups excluding carboxylic acids is 1. The molecule has 2 rings (SSSR count). The number of carbonyl (C=O) groups is 1. The van der Waals surface area contributed by atoms with Gasteiger partial charge in [0.25, 0.3) is 5.91 Å². The van der Waals surface area contributed by atoms with Crippen LogP contribution in [0.4, 0.5) is 0 Å². The van der Waals surface area contributed by atoms with Crippen LogP contribution in [0.15, 0.2) is 22.7 Å². The molecule has 98 valence electrons. The van der Waals surface area contributed by atoms with Crippen LogP contribution in [0.3, 0.4) is 0 Å². The molecule has 1 saturated carbocycles. The predicted octanol–water partition coefficient (Wildman–Crippen LogP) is 4.54. The zero-order chi connectivity index (χ0) is 13.1. The average molecular weight is 396 g/mol. The Kier molecular flexibility index (Phi) is 5.10. The van der Waals surface area contributed by atoms with Crippen LogP contribution in [0, 0.1) is 0 Å². The van der Waals surface area contributed by atoms with Gasteiger partial charge in [0, 0.05) is 20.4 Å². The Hall–Kier alpha value is -0.0600. The smallest absolute Gasteiger partial charge is 0.252 e. The average Bonchev–Trinajstić information content (AvgIpc) is 2.32. The van der Waals surface area contributed by atoms with Crippen molar-refractivity contribution in [2.45, 2.75) is 36.6 Å². The number of hydrogen-bond acceptors (Lipinski definition) is 1. The van der Waals surface area contributed by atoms with E-state index in [0.717, 1.165) is 30.2 Å². The molecule has 0 aliphatic heterocycles. The lowest BCUT2D eigenvalue weighted by Gasteiger charge is -2.26. The van der Waals surface area contributed by atoms with Crippen molar-refractivity contribution in [1.29, 1.82) is 0 Å². The molecule has 0 unspecified atom stereocenters. The molecule has 0 heterocycles. The monoisotopic (exact) mass is 393 g/mol. The van der Waals surface area contributed by atoms with Crippen molar-refractivity contribution >= 4 is 49.4 Å². The molecule has 1 aliphatic carbocycles. The molecule has 1 fully saturated rings. The summed E-state index contributed by atoms with van der Waals surface area (Å²) in [6, 6.07) is 5.51. The highest BCUT2D eigenvalue weighted by atomic mass is 79.9. The fourth-order valence-corrected chi connectivity index (χ4v) is 3.53. The van der Waals surface area contributed by atoms with Gasteiger partial charge >= 0.3 is 0 Å². The lowest BCUT2D eigenvalue weighted by molar-refractivity contribution is 0.0927. The van der Waals surface area contributed by atoms with E-state index in [-0.39, 0.29) is 11.9 Å². The van der Waals surface area contributed by atoms with Gasteiger partial charge in [-0.2, -0.15) is 0 Å². The maximum Gasteiger partial charge on any atom is 0.252 e. The molecule has 2 nitrogen and oxygen atoms in total. The maximum atomic E-state index is 12.1. The van der Waals surface area contributed by atoms with Gasteiger partial charge in [-0.25, -0.2) is 0 Å². The molecule has 1 amide bonds. The van der Waals surface area contributed by atoms with E-state index in [1.54, 1.807) is 18.2 Å². The second-order valence-electron chi connectivity index (χ2n) is 4.55. The molecule has 0 spiro atoms. The molecule has 1 aliphatic rings. The molecule has 0 aromatic heterocycles. The summed E-state index contributed by atoms with van der Waals surface area (Å²) in [5.41, 5.74) is 0.639. The van der Waals surface area contributed by atoms with Crippen molar-refractivity contribution in [3.63, 3.8) is 0 Å². The van der Waals surface area contributed by atoms with Gasteiger partial charge in [-0.3, -0.25) is 4.79 Å². The Morgan fingerprint density at radius 2 is 1.94 bits per heavy atom. The van der Waals surface area contributed by atoms with Crippen LogP contribution in [-0.4, -0.2) is 16.8 Å². The van der Waals surface area contributed by atoms with Gasteiger partial charge in [0.2, 0.25) is 0 Å². The lowest BCUT2D eigenvalue weighted by atomic mass is 9.95. The molecule has 0 saturated heterocycles. The van der Waals surface area contributed by atoms with Gasteiger partial charge in [-0.1, -0.05) is 27.5 Å². The number of benzene rings is 1. The van der Waals surface area contributed by atoms with Gasteiger partial charge in [-0.05, 0) is 59.8 Å². The number of rotatable bonds is 2. The van der Waals surface area contributed by atoms with Crippen molar-refractivity contribution in [1.82, 2.24) is 5.32 Å². The first-order valence-corrected chi connectivity index (χ1v) is 8.05. The minimum absolute atomic E-state index is 0.0310. The van der Waals surface area contributed by atoms with E-state index in [1.165, 1.54) is 0 Å². The highest BCUT2D eigenvalue weighted by Gasteiger charge is 2.21. The Morgan fingerprint density at radius 3 is 2.56 bits per heavy atom. The molecule has 18 heavy (non-hydrogen) atoms. The van der Waals surface area contributed by atoms with Crippen LogP contribution in [0.2, 0.25) is 5.02 Å². The van der Waals surface area contributed by atoms with Gasteiger partial charge in [0.05, 0.1) is 5.56 Å². The van der Waals surface area contributed by atoms with Crippen LogP contribution in [0.1, 0.15) is 36.0 Å². The predicted molar refractivity (Wildman–Crippen MR) is 81.6 cm³/mol. The molecular formula is C13H14Br2ClNO. The van der Waals surface area contributed by atoms with E-state index in [2.05, 4.69) is 37.2 Å². The fourth-order valence-electron chi connectivity index (χ4n) is 2.13. The number of hydrogen-bond donors (Lipinski definition) is 1. The number of alkyl halides is 1. The summed E-state index contributed by atoms with van der Waals surface area (Å²) in [7, 11) is 0. The molecule has 0 radical (unpaired) electrons. The van der Waals surface area contributed by atoms with Gasteiger partial charge in [-0.15, -0.1) is 0 Å². The quantitative estimate of drug-likeness (QED) is 0.732. The van der Waals surface area contributed by atoms with E-state index in [9.17, 15) is 4.79 Å². The zero-order valence-corrected chi connectivity index (χ0v) is 13.7. The van der Waals surface area contributed by atoms with Crippen molar-refractivity contribution in [2.75, 3.05) is 0 Å². The summed E-state index contributed by atoms with van der Waals surface area (Å²) >= 11 is 12.8. The Balaban J connectivity index is 1.99. The molecule has 5 heteroatoms. The first kappa shape index (κ1) is 14.4. The zero-order valence-electron chi connectivity index (χ0n) is 9.76. The summed E-state index contributed by atoms with van der Waals surface area (Å²) in [5.74, 6) is -0.0310. The lowest BCUT2D eigenvalue weighted by Crippen LogP contribution is -2.37. The van der Waals surface area contributed by atoms with Crippen LogP contribution in [-0.2, 0) is 0 Å². The standard InChI is InChI=1S/C13H14Br2ClNO/c14-8-1-4-10(5-2-8)17-13(18)11-6-3-9(16)7-12(11)15/h3,6-8,10H,1-2,4-5H2,(H,17,18). The Labute approximate surface area is 129 Å². The van der Waals surface area contributed by atoms with Crippen molar-refractivity contribution in [3.8, 4) is 0 Å². The third kappa shape index (κ3) is 3.72. The Morgan fingerprint density at radius 1 is 1.28 bits per heavy atom. The van der Waals surface area contributed by atoms with Crippen LogP contribution < -0.4 is 5.32 Å². The molecular weight excluding hydrogens is 381 g/mol. The molecule has 1 aromatic rings. The van der Waals surface area contributed by atoms with Crippen LogP contribution in [0.25, 0.3) is 0 Å². The first-order valence-electron chi connectivity index (χ1n) is 5.96. The molecule has 1 N–H and O–H groups in total. The second kappa shape index (κ2) is 6.40. The largest absolute Gasteiger partial charge is 0.349 e. The number of halogens is 3. The third-order valence-electron chi connectivity index (χ3n) is 3.17. The minimum Gasteiger partial charge on any atom is -0.349 e. The summed E-state index contributed by atoms with van der Waals surface area (Å²) in [6.07, 6.45) is 4.30. The van der Waals surface area contributed by atoms with Crippen molar-refractivity contribution in [3.05, 3.63) is 33.3 Å². The first-order chi connectivity index (χ1) is 8.56. The minimum atomic E-state index is -0.0310. The van der Waals surface area contributed by atoms with Gasteiger partial charge in [0.1, 0.15) is 0 Å². The highest BCUT2D eigenvalue weighted by molar-refractivity contribution is 9.10. The van der Waals surface area contributed by atoms with Crippen LogP contribution in [0.5, 0.6) is 0 Å². The molecule has 1 aromatic carbocycles. The van der Waals surface area contributed by atoms with E-state index >= 15 is 0 Å². The van der Waals surface area contributed by atoms with E-state index in [4.69, 9.17) is 11.6 Å². The SMILES string of the molecule is O=C(NC1CCC(Br)CC1)c1ccc(Cl)cc1Br. The maximum absolute atomic E-state index is 12.1. The molecule has 0 atom stereocenters. The van der Waals surface area contributed by atoms with E-state index < -0.39 is 0 Å². The van der Waals surface area contributed by atoms with E-state index in [0.29, 0.717) is 15.4 Å². The van der Waals surface area contributed by atoms with E-state index in [1.807, 2.05) is 0 Å². The molecule has 0 bridgehead atoms. The summed E-state index contributed by atoms with van der Waals surface area (Å²) in [4.78, 5) is 12.7. The number of nitrogens with one attached hydrogen (secondary N) is 1. The summed E-state index contributed by atoms with van der Waals surface area (Å²) < 4.78 is 0.738. The van der Waals surface area contributed by atoms with Crippen molar-refractivity contribution in [2.24, 2.45) is 0 Å². The second-order valence-corrected chi connectivity index (χ2v) is 7.13. The topological polar surface area (TPSA) is 29.1 Å². The number of amides is 1.